The third-order valence-electron chi connectivity index (χ3n) is 2.74. The van der Waals surface area contributed by atoms with Crippen LogP contribution in [0.2, 0.25) is 0 Å². The molecule has 1 aromatic carbocycles. The molecule has 2 rings (SSSR count). The fourth-order valence-corrected chi connectivity index (χ4v) is 1.56. The molecule has 0 saturated heterocycles. The van der Waals surface area contributed by atoms with E-state index in [1.54, 1.807) is 24.5 Å². The standard InChI is InChI=1S/C15H15N3O/c1-11-3-5-13(6-4-11)12(2)17-18-15(19)14-7-9-16-10-8-14/h3-10H,1-2H3,(H,18,19)/b17-12+. The van der Waals surface area contributed by atoms with Gasteiger partial charge in [0, 0.05) is 18.0 Å². The van der Waals surface area contributed by atoms with Crippen molar-refractivity contribution in [3.63, 3.8) is 0 Å². The van der Waals surface area contributed by atoms with Crippen LogP contribution in [0.4, 0.5) is 0 Å². The van der Waals surface area contributed by atoms with Gasteiger partial charge in [0.25, 0.3) is 5.91 Å². The number of carbonyl (C=O) groups is 1. The fourth-order valence-electron chi connectivity index (χ4n) is 1.56. The predicted octanol–water partition coefficient (Wildman–Crippen LogP) is 2.54. The Bertz CT molecular complexity index is 589. The molecule has 0 saturated carbocycles. The van der Waals surface area contributed by atoms with E-state index in [4.69, 9.17) is 0 Å². The number of nitrogens with zero attached hydrogens (tertiary/aromatic N) is 2. The quantitative estimate of drug-likeness (QED) is 0.675. The molecule has 0 spiro atoms. The zero-order chi connectivity index (χ0) is 13.7. The summed E-state index contributed by atoms with van der Waals surface area (Å²) < 4.78 is 0. The molecule has 0 atom stereocenters. The third kappa shape index (κ3) is 3.48. The molecule has 0 fully saturated rings. The number of aryl methyl sites for hydroxylation is 1. The molecule has 1 amide bonds. The molecule has 0 aliphatic carbocycles. The van der Waals surface area contributed by atoms with Crippen LogP contribution in [0.1, 0.15) is 28.4 Å². The van der Waals surface area contributed by atoms with Crippen molar-refractivity contribution in [3.05, 3.63) is 65.5 Å². The molecule has 0 radical (unpaired) electrons. The van der Waals surface area contributed by atoms with Gasteiger partial charge in [-0.05, 0) is 31.5 Å². The van der Waals surface area contributed by atoms with E-state index in [0.717, 1.165) is 11.3 Å². The van der Waals surface area contributed by atoms with Gasteiger partial charge in [-0.2, -0.15) is 5.10 Å². The van der Waals surface area contributed by atoms with Gasteiger partial charge < -0.3 is 0 Å². The van der Waals surface area contributed by atoms with Crippen molar-refractivity contribution in [1.82, 2.24) is 10.4 Å². The van der Waals surface area contributed by atoms with Gasteiger partial charge in [0.1, 0.15) is 0 Å². The maximum absolute atomic E-state index is 11.8. The highest BCUT2D eigenvalue weighted by Crippen LogP contribution is 2.04. The summed E-state index contributed by atoms with van der Waals surface area (Å²) in [6.45, 7) is 3.89. The van der Waals surface area contributed by atoms with Gasteiger partial charge in [0.05, 0.1) is 5.71 Å². The summed E-state index contributed by atoms with van der Waals surface area (Å²) in [5.74, 6) is -0.242. The van der Waals surface area contributed by atoms with E-state index >= 15 is 0 Å². The van der Waals surface area contributed by atoms with Crippen LogP contribution >= 0.6 is 0 Å². The van der Waals surface area contributed by atoms with E-state index in [1.165, 1.54) is 5.56 Å². The number of carbonyl (C=O) groups excluding carboxylic acids is 1. The van der Waals surface area contributed by atoms with Gasteiger partial charge in [-0.15, -0.1) is 0 Å². The Balaban J connectivity index is 2.06. The van der Waals surface area contributed by atoms with Crippen LogP contribution in [0.25, 0.3) is 0 Å². The molecule has 0 aliphatic rings. The smallest absolute Gasteiger partial charge is 0.267 e. The Labute approximate surface area is 112 Å². The second-order valence-electron chi connectivity index (χ2n) is 4.24. The molecule has 0 unspecified atom stereocenters. The lowest BCUT2D eigenvalue weighted by Gasteiger charge is -2.03. The highest BCUT2D eigenvalue weighted by atomic mass is 16.2. The van der Waals surface area contributed by atoms with Crippen LogP contribution in [0.3, 0.4) is 0 Å². The number of benzene rings is 1. The molecule has 19 heavy (non-hydrogen) atoms. The number of hydrogen-bond acceptors (Lipinski definition) is 3. The minimum absolute atomic E-state index is 0.242. The highest BCUT2D eigenvalue weighted by molar-refractivity contribution is 6.00. The number of aromatic nitrogens is 1. The number of pyridine rings is 1. The van der Waals surface area contributed by atoms with Crippen molar-refractivity contribution in [2.45, 2.75) is 13.8 Å². The van der Waals surface area contributed by atoms with Gasteiger partial charge in [-0.3, -0.25) is 9.78 Å². The summed E-state index contributed by atoms with van der Waals surface area (Å²) in [6.07, 6.45) is 3.15. The number of hydrazone groups is 1. The molecular weight excluding hydrogens is 238 g/mol. The van der Waals surface area contributed by atoms with E-state index < -0.39 is 0 Å². The number of hydrogen-bond donors (Lipinski definition) is 1. The summed E-state index contributed by atoms with van der Waals surface area (Å²) in [5, 5.41) is 4.10. The van der Waals surface area contributed by atoms with E-state index in [-0.39, 0.29) is 5.91 Å². The van der Waals surface area contributed by atoms with E-state index in [9.17, 15) is 4.79 Å². The van der Waals surface area contributed by atoms with Crippen LogP contribution in [0.5, 0.6) is 0 Å². The number of nitrogens with one attached hydrogen (secondary N) is 1. The maximum Gasteiger partial charge on any atom is 0.271 e. The molecule has 96 valence electrons. The first kappa shape index (κ1) is 13.0. The topological polar surface area (TPSA) is 54.4 Å². The zero-order valence-corrected chi connectivity index (χ0v) is 10.9. The minimum atomic E-state index is -0.242. The molecular formula is C15H15N3O. The molecule has 1 heterocycles. The van der Waals surface area contributed by atoms with Crippen molar-refractivity contribution in [2.75, 3.05) is 0 Å². The summed E-state index contributed by atoms with van der Waals surface area (Å²) >= 11 is 0. The van der Waals surface area contributed by atoms with Crippen molar-refractivity contribution >= 4 is 11.6 Å². The first-order valence-corrected chi connectivity index (χ1v) is 5.98. The van der Waals surface area contributed by atoms with Gasteiger partial charge in [0.15, 0.2) is 0 Å². The van der Waals surface area contributed by atoms with Gasteiger partial charge >= 0.3 is 0 Å². The number of amides is 1. The molecule has 0 aliphatic heterocycles. The Morgan fingerprint density at radius 1 is 1.05 bits per heavy atom. The molecule has 0 bridgehead atoms. The van der Waals surface area contributed by atoms with Gasteiger partial charge in [0.2, 0.25) is 0 Å². The van der Waals surface area contributed by atoms with Crippen molar-refractivity contribution in [3.8, 4) is 0 Å². The summed E-state index contributed by atoms with van der Waals surface area (Å²) in [5.41, 5.74) is 6.02. The summed E-state index contributed by atoms with van der Waals surface area (Å²) in [7, 11) is 0. The maximum atomic E-state index is 11.8. The second-order valence-corrected chi connectivity index (χ2v) is 4.24. The van der Waals surface area contributed by atoms with Gasteiger partial charge in [-0.25, -0.2) is 5.43 Å². The molecule has 4 heteroatoms. The van der Waals surface area contributed by atoms with E-state index in [0.29, 0.717) is 5.56 Å². The lowest BCUT2D eigenvalue weighted by atomic mass is 10.1. The van der Waals surface area contributed by atoms with Crippen LogP contribution in [0.15, 0.2) is 53.9 Å². The van der Waals surface area contributed by atoms with E-state index in [1.807, 2.05) is 38.1 Å². The number of rotatable bonds is 3. The average molecular weight is 253 g/mol. The molecule has 1 aromatic heterocycles. The fraction of sp³-hybridized carbons (Fsp3) is 0.133. The monoisotopic (exact) mass is 253 g/mol. The predicted molar refractivity (Wildman–Crippen MR) is 75.1 cm³/mol. The van der Waals surface area contributed by atoms with Crippen LogP contribution < -0.4 is 5.43 Å². The lowest BCUT2D eigenvalue weighted by molar-refractivity contribution is 0.0954. The lowest BCUT2D eigenvalue weighted by Crippen LogP contribution is -2.19. The summed E-state index contributed by atoms with van der Waals surface area (Å²) in [4.78, 5) is 15.7. The molecule has 2 aromatic rings. The Hall–Kier alpha value is -2.49. The SMILES string of the molecule is C/C(=N\NC(=O)c1ccncc1)c1ccc(C)cc1. The van der Waals surface area contributed by atoms with E-state index in [2.05, 4.69) is 15.5 Å². The molecule has 4 nitrogen and oxygen atoms in total. The Morgan fingerprint density at radius 3 is 2.32 bits per heavy atom. The second kappa shape index (κ2) is 5.91. The average Bonchev–Trinajstić information content (AvgIpc) is 2.46. The van der Waals surface area contributed by atoms with Crippen molar-refractivity contribution < 1.29 is 4.79 Å². The highest BCUT2D eigenvalue weighted by Gasteiger charge is 2.03. The van der Waals surface area contributed by atoms with Crippen molar-refractivity contribution in [2.24, 2.45) is 5.10 Å². The minimum Gasteiger partial charge on any atom is -0.267 e. The third-order valence-corrected chi connectivity index (χ3v) is 2.74. The zero-order valence-electron chi connectivity index (χ0n) is 10.9. The van der Waals surface area contributed by atoms with Crippen LogP contribution in [-0.4, -0.2) is 16.6 Å². The first-order chi connectivity index (χ1) is 9.16. The first-order valence-electron chi connectivity index (χ1n) is 5.98. The Morgan fingerprint density at radius 2 is 1.68 bits per heavy atom. The molecule has 1 N–H and O–H groups in total. The van der Waals surface area contributed by atoms with Crippen molar-refractivity contribution in [1.29, 1.82) is 0 Å². The normalized spacial score (nSPS) is 11.2. The Kier molecular flexibility index (Phi) is 4.03. The van der Waals surface area contributed by atoms with Crippen LogP contribution in [0, 0.1) is 6.92 Å². The summed E-state index contributed by atoms with van der Waals surface area (Å²) in [6, 6.07) is 11.3. The van der Waals surface area contributed by atoms with Crippen LogP contribution in [-0.2, 0) is 0 Å². The largest absolute Gasteiger partial charge is 0.271 e. The van der Waals surface area contributed by atoms with Gasteiger partial charge in [-0.1, -0.05) is 29.8 Å².